The zero-order chi connectivity index (χ0) is 13.2. The Kier molecular flexibility index (Phi) is 2.07. The molecule has 0 heterocycles. The van der Waals surface area contributed by atoms with Crippen molar-refractivity contribution in [1.29, 1.82) is 0 Å². The SMILES string of the molecule is CC1(C)[C@@]2(c3ccc(N)cc3)CC[C@@]1(C)C(=O)C2. The van der Waals surface area contributed by atoms with E-state index in [0.29, 0.717) is 12.2 Å². The zero-order valence-corrected chi connectivity index (χ0v) is 11.4. The van der Waals surface area contributed by atoms with Gasteiger partial charge in [0, 0.05) is 22.9 Å². The molecule has 0 unspecified atom stereocenters. The maximum absolute atomic E-state index is 12.4. The van der Waals surface area contributed by atoms with E-state index in [1.165, 1.54) is 5.56 Å². The third-order valence-corrected chi connectivity index (χ3v) is 6.17. The molecule has 96 valence electrons. The van der Waals surface area contributed by atoms with Crippen LogP contribution >= 0.6 is 0 Å². The van der Waals surface area contributed by atoms with Crippen molar-refractivity contribution in [3.63, 3.8) is 0 Å². The molecular formula is C16H21NO. The summed E-state index contributed by atoms with van der Waals surface area (Å²) in [4.78, 5) is 12.4. The summed E-state index contributed by atoms with van der Waals surface area (Å²) in [6.45, 7) is 6.68. The molecule has 2 saturated carbocycles. The van der Waals surface area contributed by atoms with Gasteiger partial charge in [-0.05, 0) is 36.0 Å². The Morgan fingerprint density at radius 3 is 2.11 bits per heavy atom. The Balaban J connectivity index is 2.17. The topological polar surface area (TPSA) is 43.1 Å². The molecule has 0 radical (unpaired) electrons. The van der Waals surface area contributed by atoms with Crippen molar-refractivity contribution in [2.24, 2.45) is 10.8 Å². The van der Waals surface area contributed by atoms with Crippen molar-refractivity contribution >= 4 is 11.5 Å². The first kappa shape index (κ1) is 11.8. The van der Waals surface area contributed by atoms with Crippen LogP contribution < -0.4 is 5.73 Å². The number of nitrogen functional groups attached to an aromatic ring is 1. The molecule has 2 fully saturated rings. The highest BCUT2D eigenvalue weighted by molar-refractivity contribution is 5.91. The highest BCUT2D eigenvalue weighted by atomic mass is 16.1. The van der Waals surface area contributed by atoms with Crippen molar-refractivity contribution in [3.8, 4) is 0 Å². The number of hydrogen-bond acceptors (Lipinski definition) is 2. The number of ketones is 1. The first-order valence-electron chi connectivity index (χ1n) is 6.73. The summed E-state index contributed by atoms with van der Waals surface area (Å²) in [5, 5.41) is 0. The Labute approximate surface area is 109 Å². The fourth-order valence-corrected chi connectivity index (χ4v) is 4.29. The summed E-state index contributed by atoms with van der Waals surface area (Å²) in [5.41, 5.74) is 7.76. The van der Waals surface area contributed by atoms with Crippen molar-refractivity contribution in [2.75, 3.05) is 5.73 Å². The van der Waals surface area contributed by atoms with Crippen LogP contribution in [0.5, 0.6) is 0 Å². The maximum Gasteiger partial charge on any atom is 0.140 e. The summed E-state index contributed by atoms with van der Waals surface area (Å²) >= 11 is 0. The van der Waals surface area contributed by atoms with E-state index in [2.05, 4.69) is 32.9 Å². The molecule has 18 heavy (non-hydrogen) atoms. The molecular weight excluding hydrogens is 222 g/mol. The second-order valence-corrected chi connectivity index (χ2v) is 6.76. The van der Waals surface area contributed by atoms with E-state index in [0.717, 1.165) is 18.5 Å². The standard InChI is InChI=1S/C16H21NO/c1-14(2)15(3)8-9-16(14,10-13(15)18)11-4-6-12(17)7-5-11/h4-7H,8-10,17H2,1-3H3/t15-,16-/m0/s1. The molecule has 0 saturated heterocycles. The fraction of sp³-hybridized carbons (Fsp3) is 0.562. The number of anilines is 1. The number of nitrogens with two attached hydrogens (primary N) is 1. The van der Waals surface area contributed by atoms with Gasteiger partial charge in [0.05, 0.1) is 0 Å². The Morgan fingerprint density at radius 2 is 1.67 bits per heavy atom. The van der Waals surface area contributed by atoms with E-state index in [9.17, 15) is 4.79 Å². The van der Waals surface area contributed by atoms with Crippen molar-refractivity contribution in [2.45, 2.75) is 45.4 Å². The number of carbonyl (C=O) groups excluding carboxylic acids is 1. The van der Waals surface area contributed by atoms with E-state index >= 15 is 0 Å². The van der Waals surface area contributed by atoms with Crippen LogP contribution in [0.15, 0.2) is 24.3 Å². The van der Waals surface area contributed by atoms with E-state index in [1.807, 2.05) is 12.1 Å². The van der Waals surface area contributed by atoms with Gasteiger partial charge in [0.1, 0.15) is 5.78 Å². The predicted octanol–water partition coefficient (Wildman–Crippen LogP) is 3.31. The summed E-state index contributed by atoms with van der Waals surface area (Å²) in [7, 11) is 0. The molecule has 1 aromatic carbocycles. The summed E-state index contributed by atoms with van der Waals surface area (Å²) in [6, 6.07) is 8.14. The molecule has 0 aromatic heterocycles. The van der Waals surface area contributed by atoms with Gasteiger partial charge in [-0.15, -0.1) is 0 Å². The molecule has 3 rings (SSSR count). The van der Waals surface area contributed by atoms with Crippen LogP contribution in [0.4, 0.5) is 5.69 Å². The van der Waals surface area contributed by atoms with Crippen molar-refractivity contribution in [1.82, 2.24) is 0 Å². The molecule has 0 aliphatic heterocycles. The van der Waals surface area contributed by atoms with E-state index in [-0.39, 0.29) is 16.2 Å². The Bertz CT molecular complexity index is 516. The number of benzene rings is 1. The lowest BCUT2D eigenvalue weighted by atomic mass is 9.62. The average molecular weight is 243 g/mol. The summed E-state index contributed by atoms with van der Waals surface area (Å²) < 4.78 is 0. The van der Waals surface area contributed by atoms with Crippen LogP contribution in [0.3, 0.4) is 0 Å². The van der Waals surface area contributed by atoms with Gasteiger partial charge in [-0.3, -0.25) is 4.79 Å². The summed E-state index contributed by atoms with van der Waals surface area (Å²) in [6.07, 6.45) is 2.83. The molecule has 2 atom stereocenters. The molecule has 2 heteroatoms. The van der Waals surface area contributed by atoms with E-state index in [4.69, 9.17) is 5.73 Å². The number of hydrogen-bond donors (Lipinski definition) is 1. The molecule has 2 bridgehead atoms. The van der Waals surface area contributed by atoms with Crippen LogP contribution in [-0.4, -0.2) is 5.78 Å². The van der Waals surface area contributed by atoms with Gasteiger partial charge < -0.3 is 5.73 Å². The van der Waals surface area contributed by atoms with Gasteiger partial charge >= 0.3 is 0 Å². The Morgan fingerprint density at radius 1 is 1.06 bits per heavy atom. The second kappa shape index (κ2) is 3.17. The molecule has 2 nitrogen and oxygen atoms in total. The van der Waals surface area contributed by atoms with Gasteiger partial charge in [0.25, 0.3) is 0 Å². The fourth-order valence-electron chi connectivity index (χ4n) is 4.29. The zero-order valence-electron chi connectivity index (χ0n) is 11.4. The highest BCUT2D eigenvalue weighted by Gasteiger charge is 2.69. The smallest absolute Gasteiger partial charge is 0.140 e. The van der Waals surface area contributed by atoms with Crippen molar-refractivity contribution in [3.05, 3.63) is 29.8 Å². The van der Waals surface area contributed by atoms with Gasteiger partial charge in [0.15, 0.2) is 0 Å². The first-order valence-corrected chi connectivity index (χ1v) is 6.73. The highest BCUT2D eigenvalue weighted by Crippen LogP contribution is 2.70. The molecule has 0 amide bonds. The lowest BCUT2D eigenvalue weighted by Crippen LogP contribution is -2.38. The quantitative estimate of drug-likeness (QED) is 0.769. The molecule has 2 aliphatic carbocycles. The minimum Gasteiger partial charge on any atom is -0.399 e. The lowest BCUT2D eigenvalue weighted by Gasteiger charge is -2.40. The van der Waals surface area contributed by atoms with Gasteiger partial charge in [-0.25, -0.2) is 0 Å². The average Bonchev–Trinajstić information content (AvgIpc) is 2.60. The van der Waals surface area contributed by atoms with E-state index in [1.54, 1.807) is 0 Å². The van der Waals surface area contributed by atoms with Crippen molar-refractivity contribution < 1.29 is 4.79 Å². The largest absolute Gasteiger partial charge is 0.399 e. The van der Waals surface area contributed by atoms with Crippen LogP contribution in [0, 0.1) is 10.8 Å². The summed E-state index contributed by atoms with van der Waals surface area (Å²) in [5.74, 6) is 0.440. The van der Waals surface area contributed by atoms with Gasteiger partial charge in [-0.2, -0.15) is 0 Å². The monoisotopic (exact) mass is 243 g/mol. The second-order valence-electron chi connectivity index (χ2n) is 6.76. The van der Waals surface area contributed by atoms with Crippen LogP contribution in [0.25, 0.3) is 0 Å². The molecule has 2 aliphatic rings. The lowest BCUT2D eigenvalue weighted by molar-refractivity contribution is -0.128. The minimum atomic E-state index is -0.144. The van der Waals surface area contributed by atoms with Crippen LogP contribution in [0.2, 0.25) is 0 Å². The minimum absolute atomic E-state index is 0.0204. The van der Waals surface area contributed by atoms with Crippen LogP contribution in [-0.2, 0) is 10.2 Å². The Hall–Kier alpha value is -1.31. The number of rotatable bonds is 1. The molecule has 2 N–H and O–H groups in total. The number of carbonyl (C=O) groups is 1. The molecule has 1 aromatic rings. The molecule has 0 spiro atoms. The van der Waals surface area contributed by atoms with Crippen LogP contribution in [0.1, 0.15) is 45.6 Å². The number of Topliss-reactive ketones (excluding diaryl/α,β-unsaturated/α-hetero) is 1. The van der Waals surface area contributed by atoms with E-state index < -0.39 is 0 Å². The number of fused-ring (bicyclic) bond motifs is 2. The third-order valence-electron chi connectivity index (χ3n) is 6.17. The first-order chi connectivity index (χ1) is 8.33. The maximum atomic E-state index is 12.4. The predicted molar refractivity (Wildman–Crippen MR) is 73.3 cm³/mol. The van der Waals surface area contributed by atoms with Gasteiger partial charge in [-0.1, -0.05) is 32.9 Å². The van der Waals surface area contributed by atoms with Gasteiger partial charge in [0.2, 0.25) is 0 Å². The normalized spacial score (nSPS) is 37.2. The third kappa shape index (κ3) is 1.07.